The fourth-order valence-corrected chi connectivity index (χ4v) is 2.60. The molecule has 1 aromatic rings. The fourth-order valence-electron chi connectivity index (χ4n) is 2.60. The number of anilines is 1. The predicted octanol–water partition coefficient (Wildman–Crippen LogP) is 3.12. The molecule has 0 radical (unpaired) electrons. The molecule has 3 nitrogen and oxygen atoms in total. The van der Waals surface area contributed by atoms with E-state index in [1.165, 1.54) is 18.5 Å². The average Bonchev–Trinajstić information content (AvgIpc) is 2.90. The Balaban J connectivity index is 0.00000200. The Labute approximate surface area is 128 Å². The summed E-state index contributed by atoms with van der Waals surface area (Å²) in [4.78, 5) is 2.40. The molecule has 1 fully saturated rings. The normalized spacial score (nSPS) is 18.6. The minimum absolute atomic E-state index is 0. The molecule has 2 atom stereocenters. The number of benzene rings is 1. The molecule has 2 rings (SSSR count). The lowest BCUT2D eigenvalue weighted by Gasteiger charge is -2.31. The summed E-state index contributed by atoms with van der Waals surface area (Å²) >= 11 is 0. The van der Waals surface area contributed by atoms with Crippen LogP contribution in [0.25, 0.3) is 0 Å². The van der Waals surface area contributed by atoms with Gasteiger partial charge in [-0.15, -0.1) is 12.4 Å². The number of halogens is 1. The van der Waals surface area contributed by atoms with Gasteiger partial charge in [-0.25, -0.2) is 0 Å². The number of hydrogen-bond acceptors (Lipinski definition) is 3. The van der Waals surface area contributed by atoms with Crippen LogP contribution in [0.1, 0.15) is 45.2 Å². The van der Waals surface area contributed by atoms with Crippen LogP contribution in [0.15, 0.2) is 24.3 Å². The summed E-state index contributed by atoms with van der Waals surface area (Å²) in [6, 6.07) is 8.01. The first-order valence-electron chi connectivity index (χ1n) is 7.18. The number of aliphatic hydroxyl groups is 1. The third-order valence-corrected chi connectivity index (χ3v) is 3.98. The molecule has 1 aliphatic rings. The van der Waals surface area contributed by atoms with Crippen molar-refractivity contribution in [3.63, 3.8) is 0 Å². The summed E-state index contributed by atoms with van der Waals surface area (Å²) in [5.74, 6) is 0. The Morgan fingerprint density at radius 2 is 1.60 bits per heavy atom. The Bertz CT molecular complexity index is 407. The number of hydrogen-bond donors (Lipinski definition) is 2. The molecule has 0 spiro atoms. The molecule has 1 aliphatic heterocycles. The molecule has 1 saturated heterocycles. The highest BCUT2D eigenvalue weighted by Gasteiger charge is 2.29. The summed E-state index contributed by atoms with van der Waals surface area (Å²) in [5, 5.41) is 10.3. The van der Waals surface area contributed by atoms with E-state index in [1.807, 2.05) is 32.9 Å². The maximum atomic E-state index is 10.3. The van der Waals surface area contributed by atoms with Crippen molar-refractivity contribution in [3.05, 3.63) is 29.8 Å². The number of nitrogens with two attached hydrogens (primary N) is 1. The molecule has 0 aromatic heterocycles. The van der Waals surface area contributed by atoms with Crippen molar-refractivity contribution in [1.82, 2.24) is 0 Å². The highest BCUT2D eigenvalue weighted by molar-refractivity contribution is 5.85. The van der Waals surface area contributed by atoms with Crippen molar-refractivity contribution >= 4 is 18.1 Å². The van der Waals surface area contributed by atoms with Gasteiger partial charge in [0.2, 0.25) is 0 Å². The van der Waals surface area contributed by atoms with E-state index in [1.54, 1.807) is 0 Å². The molecule has 4 heteroatoms. The van der Waals surface area contributed by atoms with Crippen molar-refractivity contribution in [3.8, 4) is 0 Å². The van der Waals surface area contributed by atoms with Gasteiger partial charge in [0.15, 0.2) is 0 Å². The molecule has 0 unspecified atom stereocenters. The maximum absolute atomic E-state index is 10.3. The first-order chi connectivity index (χ1) is 8.89. The van der Waals surface area contributed by atoms with Gasteiger partial charge in [-0.3, -0.25) is 0 Å². The van der Waals surface area contributed by atoms with Crippen molar-refractivity contribution in [2.24, 2.45) is 11.1 Å². The highest BCUT2D eigenvalue weighted by Crippen LogP contribution is 2.29. The van der Waals surface area contributed by atoms with E-state index in [2.05, 4.69) is 17.0 Å². The largest absolute Gasteiger partial charge is 0.391 e. The van der Waals surface area contributed by atoms with E-state index in [0.717, 1.165) is 18.7 Å². The molecule has 3 N–H and O–H groups in total. The van der Waals surface area contributed by atoms with Gasteiger partial charge in [0.1, 0.15) is 0 Å². The molecule has 20 heavy (non-hydrogen) atoms. The van der Waals surface area contributed by atoms with E-state index in [0.29, 0.717) is 0 Å². The van der Waals surface area contributed by atoms with Crippen molar-refractivity contribution in [2.75, 3.05) is 18.0 Å². The Morgan fingerprint density at radius 1 is 1.10 bits per heavy atom. The molecule has 0 amide bonds. The van der Waals surface area contributed by atoms with Crippen molar-refractivity contribution in [2.45, 2.75) is 45.8 Å². The molecule has 1 aromatic carbocycles. The van der Waals surface area contributed by atoms with E-state index < -0.39 is 6.10 Å². The lowest BCUT2D eigenvalue weighted by Crippen LogP contribution is -2.36. The van der Waals surface area contributed by atoms with Crippen LogP contribution in [0.5, 0.6) is 0 Å². The Morgan fingerprint density at radius 3 is 2.05 bits per heavy atom. The van der Waals surface area contributed by atoms with Gasteiger partial charge < -0.3 is 15.7 Å². The van der Waals surface area contributed by atoms with Crippen LogP contribution in [0.4, 0.5) is 5.69 Å². The molecular formula is C16H27ClN2O. The monoisotopic (exact) mass is 298 g/mol. The molecule has 0 aliphatic carbocycles. The molecular weight excluding hydrogens is 272 g/mol. The Kier molecular flexibility index (Phi) is 5.87. The second-order valence-corrected chi connectivity index (χ2v) is 6.62. The summed E-state index contributed by atoms with van der Waals surface area (Å²) in [7, 11) is 0. The zero-order chi connectivity index (χ0) is 14.0. The van der Waals surface area contributed by atoms with Gasteiger partial charge in [-0.2, -0.15) is 0 Å². The third-order valence-electron chi connectivity index (χ3n) is 3.98. The van der Waals surface area contributed by atoms with Gasteiger partial charge in [-0.05, 0) is 36.0 Å². The third kappa shape index (κ3) is 3.87. The fraction of sp³-hybridized carbons (Fsp3) is 0.625. The van der Waals surface area contributed by atoms with E-state index >= 15 is 0 Å². The van der Waals surface area contributed by atoms with Crippen molar-refractivity contribution < 1.29 is 5.11 Å². The lowest BCUT2D eigenvalue weighted by atomic mass is 9.82. The minimum atomic E-state index is -0.537. The SMILES string of the molecule is CC(C)(C)[C@@H](O)[C@@H](N)c1ccc(N2CCCC2)cc1.Cl. The standard InChI is InChI=1S/C16H26N2O.ClH/c1-16(2,3)15(19)14(17)12-6-8-13(9-7-12)18-10-4-5-11-18;/h6-9,14-15,19H,4-5,10-11,17H2,1-3H3;1H/t14-,15-;/m0./s1. The lowest BCUT2D eigenvalue weighted by molar-refractivity contribution is 0.0401. The highest BCUT2D eigenvalue weighted by atomic mass is 35.5. The van der Waals surface area contributed by atoms with Crippen LogP contribution in [0, 0.1) is 5.41 Å². The zero-order valence-electron chi connectivity index (χ0n) is 12.7. The van der Waals surface area contributed by atoms with Gasteiger partial charge in [0.25, 0.3) is 0 Å². The van der Waals surface area contributed by atoms with E-state index in [4.69, 9.17) is 5.73 Å². The van der Waals surface area contributed by atoms with Gasteiger partial charge in [0, 0.05) is 18.8 Å². The quantitative estimate of drug-likeness (QED) is 0.901. The zero-order valence-corrected chi connectivity index (χ0v) is 13.5. The van der Waals surface area contributed by atoms with Crippen LogP contribution in [0.2, 0.25) is 0 Å². The van der Waals surface area contributed by atoms with Gasteiger partial charge in [0.05, 0.1) is 12.1 Å². The summed E-state index contributed by atoms with van der Waals surface area (Å²) in [5.41, 5.74) is 8.23. The topological polar surface area (TPSA) is 49.5 Å². The van der Waals surface area contributed by atoms with Crippen LogP contribution >= 0.6 is 12.4 Å². The number of aliphatic hydroxyl groups excluding tert-OH is 1. The maximum Gasteiger partial charge on any atom is 0.0780 e. The van der Waals surface area contributed by atoms with E-state index in [-0.39, 0.29) is 23.9 Å². The first-order valence-corrected chi connectivity index (χ1v) is 7.18. The molecule has 1 heterocycles. The number of rotatable bonds is 3. The number of nitrogens with zero attached hydrogens (tertiary/aromatic N) is 1. The molecule has 114 valence electrons. The minimum Gasteiger partial charge on any atom is -0.391 e. The first kappa shape index (κ1) is 17.3. The van der Waals surface area contributed by atoms with Crippen LogP contribution in [-0.4, -0.2) is 24.3 Å². The smallest absolute Gasteiger partial charge is 0.0780 e. The summed E-state index contributed by atoms with van der Waals surface area (Å²) < 4.78 is 0. The molecule has 0 saturated carbocycles. The summed E-state index contributed by atoms with van der Waals surface area (Å²) in [6.07, 6.45) is 2.03. The van der Waals surface area contributed by atoms with Gasteiger partial charge >= 0.3 is 0 Å². The van der Waals surface area contributed by atoms with Crippen molar-refractivity contribution in [1.29, 1.82) is 0 Å². The summed E-state index contributed by atoms with van der Waals surface area (Å²) in [6.45, 7) is 8.33. The van der Waals surface area contributed by atoms with Gasteiger partial charge in [-0.1, -0.05) is 32.9 Å². The average molecular weight is 299 g/mol. The van der Waals surface area contributed by atoms with E-state index in [9.17, 15) is 5.11 Å². The van der Waals surface area contributed by atoms with Crippen LogP contribution < -0.4 is 10.6 Å². The van der Waals surface area contributed by atoms with Crippen LogP contribution in [-0.2, 0) is 0 Å². The predicted molar refractivity (Wildman–Crippen MR) is 87.5 cm³/mol. The second kappa shape index (κ2) is 6.79. The van der Waals surface area contributed by atoms with Crippen LogP contribution in [0.3, 0.4) is 0 Å². The second-order valence-electron chi connectivity index (χ2n) is 6.62. The molecule has 0 bridgehead atoms. The Hall–Kier alpha value is -0.770.